The molecule has 1 N–H and O–H groups in total. The maximum absolute atomic E-state index is 10.9. The molecule has 0 aliphatic heterocycles. The van der Waals surface area contributed by atoms with Gasteiger partial charge < -0.3 is 5.32 Å². The van der Waals surface area contributed by atoms with E-state index in [1.54, 1.807) is 0 Å². The van der Waals surface area contributed by atoms with Crippen molar-refractivity contribution in [1.82, 2.24) is 5.32 Å². The molecule has 0 heterocycles. The van der Waals surface area contributed by atoms with Gasteiger partial charge in [0.15, 0.2) is 0 Å². The Hall–Kier alpha value is -0.370. The van der Waals surface area contributed by atoms with E-state index in [2.05, 4.69) is 12.2 Å². The highest BCUT2D eigenvalue weighted by Gasteiger charge is 2.19. The minimum atomic E-state index is 0.461. The summed E-state index contributed by atoms with van der Waals surface area (Å²) >= 11 is 0. The number of rotatable bonds is 3. The third-order valence-corrected chi connectivity index (χ3v) is 2.84. The van der Waals surface area contributed by atoms with Gasteiger partial charge in [0, 0.05) is 18.9 Å². The molecular weight excluding hydrogens is 150 g/mol. The number of nitrogens with one attached hydrogen (secondary N) is 1. The van der Waals surface area contributed by atoms with Crippen LogP contribution in [0.15, 0.2) is 0 Å². The highest BCUT2D eigenvalue weighted by Crippen LogP contribution is 2.25. The molecule has 0 aromatic carbocycles. The lowest BCUT2D eigenvalue weighted by Crippen LogP contribution is -2.26. The SMILES string of the molecule is CN[C@H](C)CC1CCC(=O)CC1. The molecule has 1 aliphatic carbocycles. The molecule has 70 valence electrons. The third kappa shape index (κ3) is 2.94. The largest absolute Gasteiger partial charge is 0.317 e. The summed E-state index contributed by atoms with van der Waals surface area (Å²) < 4.78 is 0. The first-order valence-corrected chi connectivity index (χ1v) is 4.91. The predicted molar refractivity (Wildman–Crippen MR) is 50.1 cm³/mol. The zero-order valence-corrected chi connectivity index (χ0v) is 8.10. The molecule has 0 spiro atoms. The van der Waals surface area contributed by atoms with E-state index in [1.165, 1.54) is 6.42 Å². The van der Waals surface area contributed by atoms with Crippen molar-refractivity contribution in [3.05, 3.63) is 0 Å². The first kappa shape index (κ1) is 9.72. The molecular formula is C10H19NO. The summed E-state index contributed by atoms with van der Waals surface area (Å²) in [5.74, 6) is 1.24. The molecule has 0 unspecified atom stereocenters. The van der Waals surface area contributed by atoms with E-state index in [0.717, 1.165) is 31.6 Å². The molecule has 0 amide bonds. The standard InChI is InChI=1S/C10H19NO/c1-8(11-2)7-9-3-5-10(12)6-4-9/h8-9,11H,3-7H2,1-2H3/t8-/m1/s1. The van der Waals surface area contributed by atoms with Crippen molar-refractivity contribution in [1.29, 1.82) is 0 Å². The van der Waals surface area contributed by atoms with E-state index in [-0.39, 0.29) is 0 Å². The van der Waals surface area contributed by atoms with Crippen molar-refractivity contribution in [2.45, 2.75) is 45.1 Å². The van der Waals surface area contributed by atoms with Gasteiger partial charge in [-0.2, -0.15) is 0 Å². The fraction of sp³-hybridized carbons (Fsp3) is 0.900. The molecule has 2 heteroatoms. The van der Waals surface area contributed by atoms with Gasteiger partial charge in [0.25, 0.3) is 0 Å². The van der Waals surface area contributed by atoms with Gasteiger partial charge in [0.2, 0.25) is 0 Å². The summed E-state index contributed by atoms with van der Waals surface area (Å²) in [5.41, 5.74) is 0. The van der Waals surface area contributed by atoms with Crippen molar-refractivity contribution in [3.8, 4) is 0 Å². The molecule has 1 atom stereocenters. The number of carbonyl (C=O) groups excluding carboxylic acids is 1. The zero-order chi connectivity index (χ0) is 8.97. The lowest BCUT2D eigenvalue weighted by molar-refractivity contribution is -0.121. The number of ketones is 1. The van der Waals surface area contributed by atoms with Crippen LogP contribution < -0.4 is 5.32 Å². The number of hydrogen-bond acceptors (Lipinski definition) is 2. The second-order valence-electron chi connectivity index (χ2n) is 3.91. The quantitative estimate of drug-likeness (QED) is 0.697. The molecule has 0 bridgehead atoms. The van der Waals surface area contributed by atoms with Crippen molar-refractivity contribution in [3.63, 3.8) is 0 Å². The van der Waals surface area contributed by atoms with Gasteiger partial charge in [0.05, 0.1) is 0 Å². The highest BCUT2D eigenvalue weighted by atomic mass is 16.1. The molecule has 1 fully saturated rings. The Morgan fingerprint density at radius 2 is 2.08 bits per heavy atom. The maximum atomic E-state index is 10.9. The monoisotopic (exact) mass is 169 g/mol. The summed E-state index contributed by atoms with van der Waals surface area (Å²) in [7, 11) is 2.00. The van der Waals surface area contributed by atoms with Gasteiger partial charge in [-0.15, -0.1) is 0 Å². The van der Waals surface area contributed by atoms with Crippen LogP contribution in [0, 0.1) is 5.92 Å². The first-order valence-electron chi connectivity index (χ1n) is 4.91. The summed E-state index contributed by atoms with van der Waals surface area (Å²) in [6.45, 7) is 2.20. The summed E-state index contributed by atoms with van der Waals surface area (Å²) in [6, 6.07) is 0.600. The van der Waals surface area contributed by atoms with Gasteiger partial charge in [-0.1, -0.05) is 0 Å². The molecule has 0 saturated heterocycles. The Bertz CT molecular complexity index is 146. The van der Waals surface area contributed by atoms with E-state index < -0.39 is 0 Å². The second-order valence-corrected chi connectivity index (χ2v) is 3.91. The summed E-state index contributed by atoms with van der Waals surface area (Å²) in [5, 5.41) is 3.24. The lowest BCUT2D eigenvalue weighted by atomic mass is 9.84. The van der Waals surface area contributed by atoms with Crippen molar-refractivity contribution < 1.29 is 4.79 Å². The van der Waals surface area contributed by atoms with Crippen LogP contribution >= 0.6 is 0 Å². The lowest BCUT2D eigenvalue weighted by Gasteiger charge is -2.23. The van der Waals surface area contributed by atoms with Gasteiger partial charge >= 0.3 is 0 Å². The fourth-order valence-electron chi connectivity index (χ4n) is 1.85. The van der Waals surface area contributed by atoms with Gasteiger partial charge in [-0.25, -0.2) is 0 Å². The van der Waals surface area contributed by atoms with Crippen LogP contribution in [0.1, 0.15) is 39.0 Å². The predicted octanol–water partition coefficient (Wildman–Crippen LogP) is 1.74. The van der Waals surface area contributed by atoms with Crippen LogP contribution in [-0.2, 0) is 4.79 Å². The smallest absolute Gasteiger partial charge is 0.132 e. The van der Waals surface area contributed by atoms with Crippen molar-refractivity contribution in [2.75, 3.05) is 7.05 Å². The summed E-state index contributed by atoms with van der Waals surface area (Å²) in [4.78, 5) is 10.9. The van der Waals surface area contributed by atoms with Crippen molar-refractivity contribution >= 4 is 5.78 Å². The second kappa shape index (κ2) is 4.61. The van der Waals surface area contributed by atoms with E-state index >= 15 is 0 Å². The molecule has 2 nitrogen and oxygen atoms in total. The van der Waals surface area contributed by atoms with Crippen molar-refractivity contribution in [2.24, 2.45) is 5.92 Å². The Morgan fingerprint density at radius 3 is 2.58 bits per heavy atom. The van der Waals surface area contributed by atoms with Gasteiger partial charge in [0.1, 0.15) is 5.78 Å². The molecule has 1 rings (SSSR count). The molecule has 0 radical (unpaired) electrons. The molecule has 1 saturated carbocycles. The van der Waals surface area contributed by atoms with Crippen LogP contribution in [-0.4, -0.2) is 18.9 Å². The molecule has 0 aromatic heterocycles. The third-order valence-electron chi connectivity index (χ3n) is 2.84. The number of Topliss-reactive ketones (excluding diaryl/α,β-unsaturated/α-hetero) is 1. The fourth-order valence-corrected chi connectivity index (χ4v) is 1.85. The average Bonchev–Trinajstić information content (AvgIpc) is 2.09. The minimum Gasteiger partial charge on any atom is -0.317 e. The molecule has 12 heavy (non-hydrogen) atoms. The topological polar surface area (TPSA) is 29.1 Å². The van der Waals surface area contributed by atoms with Crippen LogP contribution in [0.3, 0.4) is 0 Å². The Labute approximate surface area is 74.7 Å². The summed E-state index contributed by atoms with van der Waals surface area (Å²) in [6.07, 6.45) is 5.10. The van der Waals surface area contributed by atoms with Crippen LogP contribution in [0.2, 0.25) is 0 Å². The Morgan fingerprint density at radius 1 is 1.50 bits per heavy atom. The molecule has 0 aromatic rings. The highest BCUT2D eigenvalue weighted by molar-refractivity contribution is 5.78. The number of hydrogen-bond donors (Lipinski definition) is 1. The number of carbonyl (C=O) groups is 1. The van der Waals surface area contributed by atoms with Crippen LogP contribution in [0.25, 0.3) is 0 Å². The van der Waals surface area contributed by atoms with E-state index in [1.807, 2.05) is 7.05 Å². The van der Waals surface area contributed by atoms with E-state index in [4.69, 9.17) is 0 Å². The first-order chi connectivity index (χ1) is 5.72. The van der Waals surface area contributed by atoms with Crippen LogP contribution in [0.5, 0.6) is 0 Å². The van der Waals surface area contributed by atoms with Crippen LogP contribution in [0.4, 0.5) is 0 Å². The average molecular weight is 169 g/mol. The molecule has 1 aliphatic rings. The maximum Gasteiger partial charge on any atom is 0.132 e. The van der Waals surface area contributed by atoms with Gasteiger partial charge in [-0.3, -0.25) is 4.79 Å². The Balaban J connectivity index is 2.21. The van der Waals surface area contributed by atoms with Gasteiger partial charge in [-0.05, 0) is 39.2 Å². The minimum absolute atomic E-state index is 0.461. The van der Waals surface area contributed by atoms with E-state index in [0.29, 0.717) is 11.8 Å². The van der Waals surface area contributed by atoms with E-state index in [9.17, 15) is 4.79 Å². The normalized spacial score (nSPS) is 22.7. The Kier molecular flexibility index (Phi) is 3.73. The zero-order valence-electron chi connectivity index (χ0n) is 8.10.